The van der Waals surface area contributed by atoms with Crippen molar-refractivity contribution in [1.82, 2.24) is 10.2 Å². The minimum absolute atomic E-state index is 0.00713. The van der Waals surface area contributed by atoms with Crippen LogP contribution in [-0.2, 0) is 17.9 Å². The largest absolute Gasteiger partial charge is 0.467 e. The maximum absolute atomic E-state index is 13.9. The lowest BCUT2D eigenvalue weighted by Gasteiger charge is -2.31. The molecule has 6 heteroatoms. The maximum Gasteiger partial charge on any atom is 0.223 e. The van der Waals surface area contributed by atoms with Crippen LogP contribution < -0.4 is 5.32 Å². The quantitative estimate of drug-likeness (QED) is 0.896. The third-order valence-corrected chi connectivity index (χ3v) is 4.77. The van der Waals surface area contributed by atoms with Crippen molar-refractivity contribution in [3.05, 3.63) is 58.8 Å². The number of piperidine rings is 1. The molecular formula is C18H20ClFN2O2. The van der Waals surface area contributed by atoms with E-state index >= 15 is 0 Å². The van der Waals surface area contributed by atoms with Gasteiger partial charge in [-0.25, -0.2) is 4.39 Å². The molecule has 0 radical (unpaired) electrons. The van der Waals surface area contributed by atoms with Gasteiger partial charge in [0.25, 0.3) is 0 Å². The van der Waals surface area contributed by atoms with E-state index in [1.807, 2.05) is 6.07 Å². The highest BCUT2D eigenvalue weighted by molar-refractivity contribution is 6.31. The standard InChI is InChI=1S/C18H20ClFN2O2/c19-16-4-1-5-17(20)15(16)12-22-8-6-13(7-9-22)18(23)21-11-14-3-2-10-24-14/h1-5,10,13H,6-9,11-12H2,(H,21,23). The third kappa shape index (κ3) is 4.16. The van der Waals surface area contributed by atoms with E-state index in [1.54, 1.807) is 24.5 Å². The van der Waals surface area contributed by atoms with Crippen LogP contribution in [0.5, 0.6) is 0 Å². The molecule has 1 amide bonds. The molecule has 1 saturated heterocycles. The van der Waals surface area contributed by atoms with Crippen molar-refractivity contribution in [3.8, 4) is 0 Å². The predicted molar refractivity (Wildman–Crippen MR) is 90.0 cm³/mol. The molecule has 24 heavy (non-hydrogen) atoms. The number of rotatable bonds is 5. The number of nitrogens with zero attached hydrogens (tertiary/aromatic N) is 1. The van der Waals surface area contributed by atoms with E-state index in [0.29, 0.717) is 23.7 Å². The summed E-state index contributed by atoms with van der Waals surface area (Å²) in [6, 6.07) is 8.37. The summed E-state index contributed by atoms with van der Waals surface area (Å²) in [6.07, 6.45) is 3.11. The van der Waals surface area contributed by atoms with Gasteiger partial charge < -0.3 is 9.73 Å². The first-order valence-corrected chi connectivity index (χ1v) is 8.46. The second kappa shape index (κ2) is 7.81. The van der Waals surface area contributed by atoms with E-state index in [2.05, 4.69) is 10.2 Å². The van der Waals surface area contributed by atoms with Gasteiger partial charge in [0.1, 0.15) is 11.6 Å². The van der Waals surface area contributed by atoms with Gasteiger partial charge in [-0.3, -0.25) is 9.69 Å². The number of hydrogen-bond donors (Lipinski definition) is 1. The van der Waals surface area contributed by atoms with Crippen LogP contribution in [0.25, 0.3) is 0 Å². The first-order chi connectivity index (χ1) is 11.6. The number of carbonyl (C=O) groups excluding carboxylic acids is 1. The molecule has 1 aliphatic rings. The molecule has 4 nitrogen and oxygen atoms in total. The van der Waals surface area contributed by atoms with Crippen LogP contribution in [0.2, 0.25) is 5.02 Å². The minimum Gasteiger partial charge on any atom is -0.467 e. The van der Waals surface area contributed by atoms with E-state index < -0.39 is 0 Å². The molecule has 0 spiro atoms. The van der Waals surface area contributed by atoms with Crippen LogP contribution >= 0.6 is 11.6 Å². The molecule has 3 rings (SSSR count). The Morgan fingerprint density at radius 1 is 1.29 bits per heavy atom. The predicted octanol–water partition coefficient (Wildman–Crippen LogP) is 3.60. The molecule has 0 aliphatic carbocycles. The van der Waals surface area contributed by atoms with Crippen molar-refractivity contribution in [3.63, 3.8) is 0 Å². The number of benzene rings is 1. The number of likely N-dealkylation sites (tertiary alicyclic amines) is 1. The molecule has 2 aromatic rings. The van der Waals surface area contributed by atoms with Crippen LogP contribution in [0.4, 0.5) is 4.39 Å². The monoisotopic (exact) mass is 350 g/mol. The zero-order chi connectivity index (χ0) is 16.9. The number of halogens is 2. The summed E-state index contributed by atoms with van der Waals surface area (Å²) in [5, 5.41) is 3.36. The Morgan fingerprint density at radius 3 is 2.75 bits per heavy atom. The molecule has 1 aliphatic heterocycles. The molecule has 1 fully saturated rings. The fraction of sp³-hybridized carbons (Fsp3) is 0.389. The van der Waals surface area contributed by atoms with Gasteiger partial charge in [-0.1, -0.05) is 17.7 Å². The molecule has 0 unspecified atom stereocenters. The number of furan rings is 1. The normalized spacial score (nSPS) is 16.2. The molecule has 1 aromatic heterocycles. The van der Waals surface area contributed by atoms with Crippen molar-refractivity contribution in [2.24, 2.45) is 5.92 Å². The zero-order valence-corrected chi connectivity index (χ0v) is 14.1. The fourth-order valence-electron chi connectivity index (χ4n) is 2.99. The Labute approximate surface area is 145 Å². The van der Waals surface area contributed by atoms with Gasteiger partial charge in [0.2, 0.25) is 5.91 Å². The molecule has 0 atom stereocenters. The Morgan fingerprint density at radius 2 is 2.08 bits per heavy atom. The highest BCUT2D eigenvalue weighted by Crippen LogP contribution is 2.24. The van der Waals surface area contributed by atoms with Gasteiger partial charge in [0.15, 0.2) is 0 Å². The highest BCUT2D eigenvalue weighted by atomic mass is 35.5. The van der Waals surface area contributed by atoms with Crippen molar-refractivity contribution in [1.29, 1.82) is 0 Å². The molecule has 1 N–H and O–H groups in total. The topological polar surface area (TPSA) is 45.5 Å². The van der Waals surface area contributed by atoms with Crippen molar-refractivity contribution >= 4 is 17.5 Å². The molecule has 128 valence electrons. The first-order valence-electron chi connectivity index (χ1n) is 8.09. The molecule has 0 saturated carbocycles. The summed E-state index contributed by atoms with van der Waals surface area (Å²) in [4.78, 5) is 14.4. The lowest BCUT2D eigenvalue weighted by molar-refractivity contribution is -0.126. The van der Waals surface area contributed by atoms with Crippen LogP contribution in [-0.4, -0.2) is 23.9 Å². The fourth-order valence-corrected chi connectivity index (χ4v) is 3.21. The van der Waals surface area contributed by atoms with Crippen LogP contribution in [0.15, 0.2) is 41.0 Å². The second-order valence-corrected chi connectivity index (χ2v) is 6.46. The lowest BCUT2D eigenvalue weighted by atomic mass is 9.95. The van der Waals surface area contributed by atoms with Crippen molar-refractivity contribution < 1.29 is 13.6 Å². The average Bonchev–Trinajstić information content (AvgIpc) is 3.10. The first kappa shape index (κ1) is 17.0. The third-order valence-electron chi connectivity index (χ3n) is 4.42. The Balaban J connectivity index is 1.48. The van der Waals surface area contributed by atoms with Crippen molar-refractivity contribution in [2.45, 2.75) is 25.9 Å². The van der Waals surface area contributed by atoms with Gasteiger partial charge in [-0.15, -0.1) is 0 Å². The molecule has 1 aromatic carbocycles. The lowest BCUT2D eigenvalue weighted by Crippen LogP contribution is -2.40. The molecular weight excluding hydrogens is 331 g/mol. The minimum atomic E-state index is -0.277. The zero-order valence-electron chi connectivity index (χ0n) is 13.3. The number of nitrogens with one attached hydrogen (secondary N) is 1. The SMILES string of the molecule is O=C(NCc1ccco1)C1CCN(Cc2c(F)cccc2Cl)CC1. The highest BCUT2D eigenvalue weighted by Gasteiger charge is 2.25. The molecule has 0 bridgehead atoms. The second-order valence-electron chi connectivity index (χ2n) is 6.05. The Hall–Kier alpha value is -1.85. The summed E-state index contributed by atoms with van der Waals surface area (Å²) < 4.78 is 19.1. The Kier molecular flexibility index (Phi) is 5.53. The average molecular weight is 351 g/mol. The Bertz CT molecular complexity index is 662. The molecule has 2 heterocycles. The van der Waals surface area contributed by atoms with E-state index in [4.69, 9.17) is 16.0 Å². The van der Waals surface area contributed by atoms with Gasteiger partial charge in [0.05, 0.1) is 12.8 Å². The number of amides is 1. The number of carbonyl (C=O) groups is 1. The van der Waals surface area contributed by atoms with Crippen LogP contribution in [0.1, 0.15) is 24.2 Å². The smallest absolute Gasteiger partial charge is 0.223 e. The summed E-state index contributed by atoms with van der Waals surface area (Å²) >= 11 is 6.08. The van der Waals surface area contributed by atoms with Crippen LogP contribution in [0.3, 0.4) is 0 Å². The number of hydrogen-bond acceptors (Lipinski definition) is 3. The summed E-state index contributed by atoms with van der Waals surface area (Å²) in [5.41, 5.74) is 0.528. The van der Waals surface area contributed by atoms with Gasteiger partial charge in [-0.2, -0.15) is 0 Å². The van der Waals surface area contributed by atoms with E-state index in [-0.39, 0.29) is 17.6 Å². The maximum atomic E-state index is 13.9. The van der Waals surface area contributed by atoms with E-state index in [0.717, 1.165) is 31.7 Å². The summed E-state index contributed by atoms with van der Waals surface area (Å²) in [7, 11) is 0. The van der Waals surface area contributed by atoms with Gasteiger partial charge in [0, 0.05) is 23.0 Å². The van der Waals surface area contributed by atoms with Crippen molar-refractivity contribution in [2.75, 3.05) is 13.1 Å². The summed E-state index contributed by atoms with van der Waals surface area (Å²) in [6.45, 7) is 2.40. The van der Waals surface area contributed by atoms with E-state index in [9.17, 15) is 9.18 Å². The van der Waals surface area contributed by atoms with Gasteiger partial charge >= 0.3 is 0 Å². The summed E-state index contributed by atoms with van der Waals surface area (Å²) in [5.74, 6) is 0.512. The van der Waals surface area contributed by atoms with Crippen LogP contribution in [0, 0.1) is 11.7 Å². The van der Waals surface area contributed by atoms with Gasteiger partial charge in [-0.05, 0) is 50.2 Å². The van der Waals surface area contributed by atoms with E-state index in [1.165, 1.54) is 6.07 Å².